The Balaban J connectivity index is 1.71. The van der Waals surface area contributed by atoms with Gasteiger partial charge in [-0.15, -0.1) is 0 Å². The maximum Gasteiger partial charge on any atom is 0.147 e. The maximum absolute atomic E-state index is 6.21. The minimum atomic E-state index is 0.596. The van der Waals surface area contributed by atoms with E-state index in [0.717, 1.165) is 18.9 Å². The Morgan fingerprint density at radius 1 is 1.17 bits per heavy atom. The number of aromatic nitrogens is 1. The summed E-state index contributed by atoms with van der Waals surface area (Å²) >= 11 is 12.1. The van der Waals surface area contributed by atoms with E-state index in [1.165, 1.54) is 32.4 Å². The van der Waals surface area contributed by atoms with Crippen LogP contribution in [0.5, 0.6) is 0 Å². The Labute approximate surface area is 118 Å². The molecule has 1 atom stereocenters. The summed E-state index contributed by atoms with van der Waals surface area (Å²) < 4.78 is 0. The van der Waals surface area contributed by atoms with Crippen LogP contribution in [-0.2, 0) is 0 Å². The monoisotopic (exact) mass is 285 g/mol. The van der Waals surface area contributed by atoms with E-state index >= 15 is 0 Å². The zero-order chi connectivity index (χ0) is 12.5. The Morgan fingerprint density at radius 2 is 1.94 bits per heavy atom. The van der Waals surface area contributed by atoms with Crippen LogP contribution < -0.4 is 4.90 Å². The van der Waals surface area contributed by atoms with Gasteiger partial charge in [0.2, 0.25) is 0 Å². The van der Waals surface area contributed by atoms with E-state index in [1.807, 2.05) is 0 Å². The molecular formula is C13H17Cl2N3. The lowest BCUT2D eigenvalue weighted by Crippen LogP contribution is -2.35. The largest absolute Gasteiger partial charge is 0.354 e. The quantitative estimate of drug-likeness (QED) is 0.833. The van der Waals surface area contributed by atoms with E-state index in [1.54, 1.807) is 12.3 Å². The van der Waals surface area contributed by atoms with Gasteiger partial charge in [-0.2, -0.15) is 0 Å². The fourth-order valence-electron chi connectivity index (χ4n) is 2.98. The highest BCUT2D eigenvalue weighted by atomic mass is 35.5. The van der Waals surface area contributed by atoms with Crippen molar-refractivity contribution in [3.63, 3.8) is 0 Å². The second kappa shape index (κ2) is 5.24. The van der Waals surface area contributed by atoms with Crippen LogP contribution in [-0.4, -0.2) is 42.1 Å². The molecule has 2 aliphatic heterocycles. The van der Waals surface area contributed by atoms with Gasteiger partial charge in [0.25, 0.3) is 0 Å². The van der Waals surface area contributed by atoms with Crippen LogP contribution in [0.1, 0.15) is 19.3 Å². The average molecular weight is 286 g/mol. The zero-order valence-corrected chi connectivity index (χ0v) is 11.8. The molecule has 0 saturated carbocycles. The van der Waals surface area contributed by atoms with Gasteiger partial charge in [-0.3, -0.25) is 4.90 Å². The molecule has 1 aromatic rings. The van der Waals surface area contributed by atoms with Crippen LogP contribution in [0.2, 0.25) is 10.0 Å². The molecule has 98 valence electrons. The molecule has 0 spiro atoms. The lowest BCUT2D eigenvalue weighted by molar-refractivity contribution is 0.260. The smallest absolute Gasteiger partial charge is 0.147 e. The molecule has 0 radical (unpaired) electrons. The number of nitrogens with zero attached hydrogens (tertiary/aromatic N) is 3. The number of pyridine rings is 1. The lowest BCUT2D eigenvalue weighted by Gasteiger charge is -2.24. The van der Waals surface area contributed by atoms with Crippen molar-refractivity contribution >= 4 is 29.0 Å². The van der Waals surface area contributed by atoms with Crippen LogP contribution in [0.4, 0.5) is 5.82 Å². The normalized spacial score (nSPS) is 25.0. The number of hydrogen-bond acceptors (Lipinski definition) is 3. The number of halogens is 2. The Morgan fingerprint density at radius 3 is 2.67 bits per heavy atom. The van der Waals surface area contributed by atoms with Crippen molar-refractivity contribution < 1.29 is 0 Å². The second-order valence-corrected chi connectivity index (χ2v) is 5.93. The summed E-state index contributed by atoms with van der Waals surface area (Å²) in [6, 6.07) is 2.44. The molecular weight excluding hydrogens is 269 g/mol. The molecule has 5 heteroatoms. The molecule has 2 fully saturated rings. The highest BCUT2D eigenvalue weighted by molar-refractivity contribution is 6.36. The molecule has 18 heavy (non-hydrogen) atoms. The fourth-order valence-corrected chi connectivity index (χ4v) is 3.48. The minimum Gasteiger partial charge on any atom is -0.354 e. The molecule has 2 aliphatic rings. The van der Waals surface area contributed by atoms with Crippen molar-refractivity contribution in [2.75, 3.05) is 31.1 Å². The summed E-state index contributed by atoms with van der Waals surface area (Å²) in [5, 5.41) is 1.25. The first-order valence-corrected chi connectivity index (χ1v) is 7.29. The van der Waals surface area contributed by atoms with Crippen molar-refractivity contribution in [2.45, 2.75) is 25.3 Å². The topological polar surface area (TPSA) is 19.4 Å². The van der Waals surface area contributed by atoms with Crippen LogP contribution >= 0.6 is 23.2 Å². The summed E-state index contributed by atoms with van der Waals surface area (Å²) in [4.78, 5) is 9.24. The molecule has 0 aliphatic carbocycles. The third-order valence-corrected chi connectivity index (χ3v) is 4.39. The number of rotatable bonds is 2. The number of likely N-dealkylation sites (tertiary alicyclic amines) is 1. The van der Waals surface area contributed by atoms with E-state index in [9.17, 15) is 0 Å². The van der Waals surface area contributed by atoms with E-state index in [0.29, 0.717) is 16.1 Å². The summed E-state index contributed by atoms with van der Waals surface area (Å²) in [7, 11) is 0. The predicted octanol–water partition coefficient (Wildman–Crippen LogP) is 3.06. The molecule has 0 N–H and O–H groups in total. The Kier molecular flexibility index (Phi) is 3.64. The van der Waals surface area contributed by atoms with Gasteiger partial charge in [0.1, 0.15) is 5.82 Å². The molecule has 3 rings (SSSR count). The van der Waals surface area contributed by atoms with Gasteiger partial charge in [-0.1, -0.05) is 23.2 Å². The Hall–Kier alpha value is -0.510. The van der Waals surface area contributed by atoms with Crippen LogP contribution in [0.15, 0.2) is 12.3 Å². The summed E-state index contributed by atoms with van der Waals surface area (Å²) in [6.07, 6.45) is 5.57. The van der Waals surface area contributed by atoms with Crippen LogP contribution in [0.25, 0.3) is 0 Å². The van der Waals surface area contributed by atoms with Gasteiger partial charge in [0.15, 0.2) is 0 Å². The predicted molar refractivity (Wildman–Crippen MR) is 75.7 cm³/mol. The van der Waals surface area contributed by atoms with Crippen molar-refractivity contribution in [2.24, 2.45) is 0 Å². The highest BCUT2D eigenvalue weighted by Gasteiger charge is 2.30. The van der Waals surface area contributed by atoms with Gasteiger partial charge in [-0.05, 0) is 38.4 Å². The SMILES string of the molecule is Clc1cnc(N2CC[C@@H](N3CCCC3)C2)c(Cl)c1. The summed E-state index contributed by atoms with van der Waals surface area (Å²) in [6.45, 7) is 4.57. The fraction of sp³-hybridized carbons (Fsp3) is 0.615. The van der Waals surface area contributed by atoms with Crippen molar-refractivity contribution in [1.82, 2.24) is 9.88 Å². The third-order valence-electron chi connectivity index (χ3n) is 3.91. The van der Waals surface area contributed by atoms with Crippen molar-refractivity contribution in [3.05, 3.63) is 22.3 Å². The summed E-state index contributed by atoms with van der Waals surface area (Å²) in [5.74, 6) is 0.878. The van der Waals surface area contributed by atoms with Gasteiger partial charge in [0, 0.05) is 25.3 Å². The van der Waals surface area contributed by atoms with Crippen LogP contribution in [0, 0.1) is 0 Å². The highest BCUT2D eigenvalue weighted by Crippen LogP contribution is 2.30. The van der Waals surface area contributed by atoms with Crippen LogP contribution in [0.3, 0.4) is 0 Å². The average Bonchev–Trinajstić information content (AvgIpc) is 2.99. The maximum atomic E-state index is 6.21. The molecule has 0 aromatic carbocycles. The molecule has 0 bridgehead atoms. The van der Waals surface area contributed by atoms with Crippen molar-refractivity contribution in [1.29, 1.82) is 0 Å². The molecule has 3 nitrogen and oxygen atoms in total. The minimum absolute atomic E-state index is 0.596. The van der Waals surface area contributed by atoms with E-state index in [2.05, 4.69) is 14.8 Å². The zero-order valence-electron chi connectivity index (χ0n) is 10.3. The lowest BCUT2D eigenvalue weighted by atomic mass is 10.2. The molecule has 0 amide bonds. The van der Waals surface area contributed by atoms with E-state index < -0.39 is 0 Å². The van der Waals surface area contributed by atoms with Crippen molar-refractivity contribution in [3.8, 4) is 0 Å². The third kappa shape index (κ3) is 2.44. The number of hydrogen-bond donors (Lipinski definition) is 0. The summed E-state index contributed by atoms with van der Waals surface area (Å²) in [5.41, 5.74) is 0. The van der Waals surface area contributed by atoms with Gasteiger partial charge >= 0.3 is 0 Å². The van der Waals surface area contributed by atoms with Gasteiger partial charge in [0.05, 0.1) is 10.0 Å². The standard InChI is InChI=1S/C13H17Cl2N3/c14-10-7-12(15)13(16-8-10)18-6-3-11(9-18)17-4-1-2-5-17/h7-8,11H,1-6,9H2/t11-/m1/s1. The number of anilines is 1. The molecule has 0 unspecified atom stereocenters. The second-order valence-electron chi connectivity index (χ2n) is 5.09. The van der Waals surface area contributed by atoms with Gasteiger partial charge in [-0.25, -0.2) is 4.98 Å². The first kappa shape index (κ1) is 12.5. The Bertz CT molecular complexity index is 432. The van der Waals surface area contributed by atoms with Gasteiger partial charge < -0.3 is 4.90 Å². The molecule has 3 heterocycles. The van der Waals surface area contributed by atoms with E-state index in [4.69, 9.17) is 23.2 Å². The first-order valence-electron chi connectivity index (χ1n) is 6.54. The molecule has 2 saturated heterocycles. The van der Waals surface area contributed by atoms with E-state index in [-0.39, 0.29) is 0 Å². The molecule has 1 aromatic heterocycles. The first-order chi connectivity index (χ1) is 8.74.